The number of morpholine rings is 1. The highest BCUT2D eigenvalue weighted by Crippen LogP contribution is 2.33. The fourth-order valence-electron chi connectivity index (χ4n) is 3.61. The molecule has 34 heavy (non-hydrogen) atoms. The molecule has 0 radical (unpaired) electrons. The van der Waals surface area contributed by atoms with E-state index in [9.17, 15) is 4.79 Å². The van der Waals surface area contributed by atoms with Gasteiger partial charge in [-0.05, 0) is 24.3 Å². The summed E-state index contributed by atoms with van der Waals surface area (Å²) in [6, 6.07) is 11.6. The van der Waals surface area contributed by atoms with E-state index in [2.05, 4.69) is 20.2 Å². The normalized spacial score (nSPS) is 13.7. The number of thiazole rings is 1. The lowest BCUT2D eigenvalue weighted by molar-refractivity contribution is 0.0299. The van der Waals surface area contributed by atoms with E-state index >= 15 is 0 Å². The Hall–Kier alpha value is -3.28. The zero-order valence-corrected chi connectivity index (χ0v) is 20.1. The van der Waals surface area contributed by atoms with Crippen molar-refractivity contribution in [2.75, 3.05) is 33.4 Å². The van der Waals surface area contributed by atoms with E-state index in [1.165, 1.54) is 23.1 Å². The third-order valence-corrected chi connectivity index (χ3v) is 7.24. The van der Waals surface area contributed by atoms with Crippen LogP contribution >= 0.6 is 23.1 Å². The lowest BCUT2D eigenvalue weighted by Gasteiger charge is -2.25. The van der Waals surface area contributed by atoms with Gasteiger partial charge in [0, 0.05) is 36.4 Å². The predicted molar refractivity (Wildman–Crippen MR) is 130 cm³/mol. The summed E-state index contributed by atoms with van der Waals surface area (Å²) in [4.78, 5) is 23.3. The molecule has 1 saturated heterocycles. The molecule has 11 heteroatoms. The first-order chi connectivity index (χ1) is 16.7. The number of rotatable bonds is 7. The van der Waals surface area contributed by atoms with E-state index in [0.29, 0.717) is 54.5 Å². The molecule has 1 aliphatic heterocycles. The van der Waals surface area contributed by atoms with Crippen molar-refractivity contribution >= 4 is 29.0 Å². The summed E-state index contributed by atoms with van der Waals surface area (Å²) >= 11 is 2.98. The monoisotopic (exact) mass is 494 g/mol. The maximum Gasteiger partial charge on any atom is 0.273 e. The van der Waals surface area contributed by atoms with Gasteiger partial charge in [-0.2, -0.15) is 0 Å². The zero-order valence-electron chi connectivity index (χ0n) is 18.5. The highest BCUT2D eigenvalue weighted by molar-refractivity contribution is 7.98. The second-order valence-electron chi connectivity index (χ2n) is 7.37. The predicted octanol–water partition coefficient (Wildman–Crippen LogP) is 3.56. The average Bonchev–Trinajstić information content (AvgIpc) is 3.55. The van der Waals surface area contributed by atoms with Crippen LogP contribution in [0.2, 0.25) is 0 Å². The number of carbonyl (C=O) groups excluding carboxylic acids is 1. The number of methoxy groups -OCH3 is 1. The molecule has 4 aromatic rings. The van der Waals surface area contributed by atoms with Gasteiger partial charge in [-0.1, -0.05) is 23.9 Å². The molecule has 1 fully saturated rings. The fraction of sp³-hybridized carbons (Fsp3) is 0.261. The number of hydrogen-bond acceptors (Lipinski definition) is 9. The van der Waals surface area contributed by atoms with Gasteiger partial charge in [0.25, 0.3) is 5.91 Å². The highest BCUT2D eigenvalue weighted by Gasteiger charge is 2.22. The molecule has 0 bridgehead atoms. The first kappa shape index (κ1) is 22.5. The molecule has 0 unspecified atom stereocenters. The molecule has 1 aliphatic rings. The first-order valence-corrected chi connectivity index (χ1v) is 12.5. The third kappa shape index (κ3) is 4.67. The van der Waals surface area contributed by atoms with Gasteiger partial charge >= 0.3 is 0 Å². The summed E-state index contributed by atoms with van der Waals surface area (Å²) in [6.45, 7) is 2.33. The Morgan fingerprint density at radius 2 is 2.03 bits per heavy atom. The van der Waals surface area contributed by atoms with Gasteiger partial charge in [-0.3, -0.25) is 14.3 Å². The molecule has 3 aromatic heterocycles. The van der Waals surface area contributed by atoms with Gasteiger partial charge in [0.05, 0.1) is 31.8 Å². The van der Waals surface area contributed by atoms with Crippen LogP contribution in [0.25, 0.3) is 17.1 Å². The number of benzene rings is 1. The van der Waals surface area contributed by atoms with Crippen LogP contribution in [0.1, 0.15) is 15.5 Å². The molecule has 1 aromatic carbocycles. The highest BCUT2D eigenvalue weighted by atomic mass is 32.2. The van der Waals surface area contributed by atoms with E-state index in [4.69, 9.17) is 9.47 Å². The number of nitrogens with zero attached hydrogens (tertiary/aromatic N) is 6. The van der Waals surface area contributed by atoms with Gasteiger partial charge in [0.15, 0.2) is 11.0 Å². The number of thioether (sulfide) groups is 1. The second-order valence-corrected chi connectivity index (χ2v) is 9.26. The SMILES string of the molecule is COc1ccccc1-n1c(SCc2nc(C(=O)N3CCOCC3)cs2)nnc1-c1cccnc1. The topological polar surface area (TPSA) is 95.3 Å². The number of amides is 1. The van der Waals surface area contributed by atoms with Crippen LogP contribution in [0.3, 0.4) is 0 Å². The van der Waals surface area contributed by atoms with Crippen LogP contribution < -0.4 is 4.74 Å². The lowest BCUT2D eigenvalue weighted by atomic mass is 10.2. The van der Waals surface area contributed by atoms with Gasteiger partial charge < -0.3 is 14.4 Å². The Balaban J connectivity index is 1.41. The minimum absolute atomic E-state index is 0.0492. The zero-order chi connectivity index (χ0) is 23.3. The summed E-state index contributed by atoms with van der Waals surface area (Å²) < 4.78 is 12.9. The summed E-state index contributed by atoms with van der Waals surface area (Å²) in [5, 5.41) is 12.3. The van der Waals surface area contributed by atoms with Crippen molar-refractivity contribution in [3.8, 4) is 22.8 Å². The Bertz CT molecular complexity index is 1270. The van der Waals surface area contributed by atoms with Crippen LogP contribution in [0.5, 0.6) is 5.75 Å². The Morgan fingerprint density at radius 1 is 1.18 bits per heavy atom. The van der Waals surface area contributed by atoms with E-state index < -0.39 is 0 Å². The molecule has 0 N–H and O–H groups in total. The van der Waals surface area contributed by atoms with Crippen LogP contribution in [-0.4, -0.2) is 69.0 Å². The van der Waals surface area contributed by atoms with E-state index in [-0.39, 0.29) is 5.91 Å². The smallest absolute Gasteiger partial charge is 0.273 e. The van der Waals surface area contributed by atoms with Crippen molar-refractivity contribution < 1.29 is 14.3 Å². The maximum atomic E-state index is 12.7. The molecule has 4 heterocycles. The number of para-hydroxylation sites is 2. The molecule has 0 spiro atoms. The number of ether oxygens (including phenoxy) is 2. The van der Waals surface area contributed by atoms with Crippen molar-refractivity contribution in [1.29, 1.82) is 0 Å². The van der Waals surface area contributed by atoms with Gasteiger partial charge in [0.1, 0.15) is 16.5 Å². The Kier molecular flexibility index (Phi) is 6.84. The molecule has 9 nitrogen and oxygen atoms in total. The molecular formula is C23H22N6O3S2. The molecule has 0 atom stereocenters. The summed E-state index contributed by atoms with van der Waals surface area (Å²) in [5.74, 6) is 1.89. The average molecular weight is 495 g/mol. The standard InChI is InChI=1S/C23H22N6O3S2/c1-31-19-7-3-2-6-18(19)29-21(16-5-4-8-24-13-16)26-27-23(29)34-15-20-25-17(14-33-20)22(30)28-9-11-32-12-10-28/h2-8,13-14H,9-12,15H2,1H3. The van der Waals surface area contributed by atoms with Crippen molar-refractivity contribution in [2.45, 2.75) is 10.9 Å². The molecule has 0 aliphatic carbocycles. The minimum atomic E-state index is -0.0492. The van der Waals surface area contributed by atoms with Crippen LogP contribution in [-0.2, 0) is 10.5 Å². The number of carbonyl (C=O) groups is 1. The summed E-state index contributed by atoms with van der Waals surface area (Å²) in [6.07, 6.45) is 3.48. The first-order valence-electron chi connectivity index (χ1n) is 10.7. The molecular weight excluding hydrogens is 472 g/mol. The quantitative estimate of drug-likeness (QED) is 0.360. The number of hydrogen-bond donors (Lipinski definition) is 0. The summed E-state index contributed by atoms with van der Waals surface area (Å²) in [5.41, 5.74) is 2.16. The van der Waals surface area contributed by atoms with Gasteiger partial charge in [-0.15, -0.1) is 21.5 Å². The minimum Gasteiger partial charge on any atom is -0.495 e. The fourth-order valence-corrected chi connectivity index (χ4v) is 5.34. The van der Waals surface area contributed by atoms with Crippen molar-refractivity contribution in [3.05, 3.63) is 64.9 Å². The summed E-state index contributed by atoms with van der Waals surface area (Å²) in [7, 11) is 1.64. The number of aromatic nitrogens is 5. The van der Waals surface area contributed by atoms with Gasteiger partial charge in [-0.25, -0.2) is 4.98 Å². The van der Waals surface area contributed by atoms with Crippen molar-refractivity contribution in [1.82, 2.24) is 29.6 Å². The van der Waals surface area contributed by atoms with Crippen molar-refractivity contribution in [2.24, 2.45) is 0 Å². The van der Waals surface area contributed by atoms with Crippen LogP contribution in [0, 0.1) is 0 Å². The van der Waals surface area contributed by atoms with Gasteiger partial charge in [0.2, 0.25) is 0 Å². The number of pyridine rings is 1. The second kappa shape index (κ2) is 10.3. The third-order valence-electron chi connectivity index (χ3n) is 5.27. The van der Waals surface area contributed by atoms with E-state index in [1.54, 1.807) is 24.4 Å². The molecule has 0 saturated carbocycles. The lowest BCUT2D eigenvalue weighted by Crippen LogP contribution is -2.40. The van der Waals surface area contributed by atoms with Crippen LogP contribution in [0.4, 0.5) is 0 Å². The molecule has 5 rings (SSSR count). The van der Waals surface area contributed by atoms with Crippen molar-refractivity contribution in [3.63, 3.8) is 0 Å². The Morgan fingerprint density at radius 3 is 2.82 bits per heavy atom. The Labute approximate surface area is 204 Å². The van der Waals surface area contributed by atoms with Crippen LogP contribution in [0.15, 0.2) is 59.3 Å². The molecule has 1 amide bonds. The largest absolute Gasteiger partial charge is 0.495 e. The van der Waals surface area contributed by atoms with E-state index in [0.717, 1.165) is 16.3 Å². The maximum absolute atomic E-state index is 12.7. The van der Waals surface area contributed by atoms with E-state index in [1.807, 2.05) is 46.3 Å². The molecule has 174 valence electrons.